The summed E-state index contributed by atoms with van der Waals surface area (Å²) in [6.45, 7) is 10.9. The van der Waals surface area contributed by atoms with E-state index in [0.29, 0.717) is 5.92 Å². The number of ether oxygens (including phenoxy) is 1. The molecule has 0 radical (unpaired) electrons. The number of hydrogen-bond donors (Lipinski definition) is 1. The predicted octanol–water partition coefficient (Wildman–Crippen LogP) is 4.65. The van der Waals surface area contributed by atoms with Gasteiger partial charge in [-0.15, -0.1) is 0 Å². The molecule has 1 aromatic carbocycles. The Morgan fingerprint density at radius 2 is 1.90 bits per heavy atom. The van der Waals surface area contributed by atoms with Crippen molar-refractivity contribution >= 4 is 11.6 Å². The van der Waals surface area contributed by atoms with Crippen molar-refractivity contribution in [1.29, 1.82) is 0 Å². The summed E-state index contributed by atoms with van der Waals surface area (Å²) in [7, 11) is 1.73. The fraction of sp³-hybridized carbons (Fsp3) is 0.647. The van der Waals surface area contributed by atoms with Gasteiger partial charge in [0.25, 0.3) is 0 Å². The molecular weight excluding hydrogens is 270 g/mol. The minimum Gasteiger partial charge on any atom is -0.496 e. The highest BCUT2D eigenvalue weighted by atomic mass is 35.5. The van der Waals surface area contributed by atoms with E-state index in [4.69, 9.17) is 16.3 Å². The highest BCUT2D eigenvalue weighted by Gasteiger charge is 2.31. The molecule has 0 heterocycles. The van der Waals surface area contributed by atoms with Crippen LogP contribution in [0, 0.1) is 5.92 Å². The van der Waals surface area contributed by atoms with E-state index in [1.807, 2.05) is 12.1 Å². The Kier molecular flexibility index (Phi) is 6.84. The third-order valence-electron chi connectivity index (χ3n) is 4.10. The van der Waals surface area contributed by atoms with Crippen LogP contribution in [0.3, 0.4) is 0 Å². The number of hydrogen-bond acceptors (Lipinski definition) is 2. The molecule has 1 N–H and O–H groups in total. The van der Waals surface area contributed by atoms with E-state index >= 15 is 0 Å². The van der Waals surface area contributed by atoms with E-state index in [-0.39, 0.29) is 5.41 Å². The Labute approximate surface area is 128 Å². The van der Waals surface area contributed by atoms with Gasteiger partial charge in [-0.1, -0.05) is 39.3 Å². The van der Waals surface area contributed by atoms with Gasteiger partial charge in [0.1, 0.15) is 5.75 Å². The fourth-order valence-corrected chi connectivity index (χ4v) is 2.84. The first-order valence-corrected chi connectivity index (χ1v) is 7.91. The van der Waals surface area contributed by atoms with Crippen molar-refractivity contribution in [2.75, 3.05) is 20.2 Å². The van der Waals surface area contributed by atoms with Gasteiger partial charge in [-0.05, 0) is 43.5 Å². The largest absolute Gasteiger partial charge is 0.496 e. The zero-order valence-electron chi connectivity index (χ0n) is 13.4. The molecule has 0 saturated heterocycles. The SMILES string of the molecule is CCC(CC)(CNCC(C)C)c1cc(Cl)ccc1OC. The molecule has 0 spiro atoms. The maximum atomic E-state index is 6.20. The number of halogens is 1. The average molecular weight is 298 g/mol. The second kappa shape index (κ2) is 7.90. The molecule has 114 valence electrons. The van der Waals surface area contributed by atoms with Gasteiger partial charge < -0.3 is 10.1 Å². The van der Waals surface area contributed by atoms with Gasteiger partial charge in [0.05, 0.1) is 7.11 Å². The summed E-state index contributed by atoms with van der Waals surface area (Å²) in [5, 5.41) is 4.37. The highest BCUT2D eigenvalue weighted by molar-refractivity contribution is 6.30. The molecule has 0 aliphatic heterocycles. The molecule has 0 aliphatic rings. The molecule has 2 nitrogen and oxygen atoms in total. The van der Waals surface area contributed by atoms with Crippen LogP contribution >= 0.6 is 11.6 Å². The van der Waals surface area contributed by atoms with Crippen LogP contribution in [0.1, 0.15) is 46.1 Å². The predicted molar refractivity (Wildman–Crippen MR) is 88.0 cm³/mol. The van der Waals surface area contributed by atoms with E-state index in [1.54, 1.807) is 7.11 Å². The molecule has 3 heteroatoms. The summed E-state index contributed by atoms with van der Waals surface area (Å²) in [6, 6.07) is 5.92. The molecule has 0 saturated carbocycles. The molecule has 1 rings (SSSR count). The van der Waals surface area contributed by atoms with Crippen LogP contribution in [0.5, 0.6) is 5.75 Å². The van der Waals surface area contributed by atoms with Crippen LogP contribution in [0.15, 0.2) is 18.2 Å². The number of nitrogens with one attached hydrogen (secondary N) is 1. The molecule has 0 bridgehead atoms. The number of benzene rings is 1. The molecule has 0 aromatic heterocycles. The Morgan fingerprint density at radius 3 is 2.40 bits per heavy atom. The van der Waals surface area contributed by atoms with E-state index in [0.717, 1.165) is 36.7 Å². The number of methoxy groups -OCH3 is 1. The molecule has 0 unspecified atom stereocenters. The molecule has 0 amide bonds. The van der Waals surface area contributed by atoms with Crippen molar-refractivity contribution in [3.8, 4) is 5.75 Å². The Bertz CT molecular complexity index is 413. The minimum absolute atomic E-state index is 0.0745. The first kappa shape index (κ1) is 17.3. The molecule has 20 heavy (non-hydrogen) atoms. The monoisotopic (exact) mass is 297 g/mol. The summed E-state index contributed by atoms with van der Waals surface area (Å²) in [6.07, 6.45) is 2.12. The second-order valence-electron chi connectivity index (χ2n) is 5.86. The maximum absolute atomic E-state index is 6.20. The summed E-state index contributed by atoms with van der Waals surface area (Å²) in [5.41, 5.74) is 1.29. The van der Waals surface area contributed by atoms with Crippen LogP contribution in [-0.4, -0.2) is 20.2 Å². The van der Waals surface area contributed by atoms with Crippen LogP contribution in [-0.2, 0) is 5.41 Å². The second-order valence-corrected chi connectivity index (χ2v) is 6.29. The average Bonchev–Trinajstić information content (AvgIpc) is 2.44. The van der Waals surface area contributed by atoms with Crippen molar-refractivity contribution in [2.45, 2.75) is 46.0 Å². The Hall–Kier alpha value is -0.730. The van der Waals surface area contributed by atoms with E-state index in [1.165, 1.54) is 5.56 Å². The minimum atomic E-state index is 0.0745. The quantitative estimate of drug-likeness (QED) is 0.754. The lowest BCUT2D eigenvalue weighted by Gasteiger charge is -2.34. The van der Waals surface area contributed by atoms with E-state index < -0.39 is 0 Å². The molecule has 0 fully saturated rings. The van der Waals surface area contributed by atoms with Crippen molar-refractivity contribution < 1.29 is 4.74 Å². The van der Waals surface area contributed by atoms with Crippen LogP contribution in [0.4, 0.5) is 0 Å². The first-order valence-electron chi connectivity index (χ1n) is 7.53. The van der Waals surface area contributed by atoms with Crippen molar-refractivity contribution in [3.05, 3.63) is 28.8 Å². The normalized spacial score (nSPS) is 11.9. The van der Waals surface area contributed by atoms with Gasteiger partial charge >= 0.3 is 0 Å². The molecule has 0 atom stereocenters. The third-order valence-corrected chi connectivity index (χ3v) is 4.34. The van der Waals surface area contributed by atoms with Gasteiger partial charge in [0.15, 0.2) is 0 Å². The van der Waals surface area contributed by atoms with Crippen molar-refractivity contribution in [3.63, 3.8) is 0 Å². The maximum Gasteiger partial charge on any atom is 0.122 e. The van der Waals surface area contributed by atoms with Crippen molar-refractivity contribution in [1.82, 2.24) is 5.32 Å². The standard InChI is InChI=1S/C17H28ClNO/c1-6-17(7-2,12-19-11-13(3)4)15-10-14(18)8-9-16(15)20-5/h8-10,13,19H,6-7,11-12H2,1-5H3. The zero-order chi connectivity index (χ0) is 15.2. The zero-order valence-corrected chi connectivity index (χ0v) is 14.2. The molecule has 1 aromatic rings. The van der Waals surface area contributed by atoms with Crippen LogP contribution in [0.2, 0.25) is 5.02 Å². The summed E-state index contributed by atoms with van der Waals surface area (Å²) < 4.78 is 5.55. The van der Waals surface area contributed by atoms with Crippen molar-refractivity contribution in [2.24, 2.45) is 5.92 Å². The third kappa shape index (κ3) is 4.13. The van der Waals surface area contributed by atoms with Gasteiger partial charge in [-0.3, -0.25) is 0 Å². The summed E-state index contributed by atoms with van der Waals surface area (Å²) in [5.74, 6) is 1.59. The van der Waals surface area contributed by atoms with Gasteiger partial charge in [0, 0.05) is 22.5 Å². The van der Waals surface area contributed by atoms with Gasteiger partial charge in [-0.25, -0.2) is 0 Å². The Morgan fingerprint density at radius 1 is 1.25 bits per heavy atom. The molecule has 0 aliphatic carbocycles. The van der Waals surface area contributed by atoms with Crippen LogP contribution < -0.4 is 10.1 Å². The lowest BCUT2D eigenvalue weighted by Crippen LogP contribution is -2.39. The summed E-state index contributed by atoms with van der Waals surface area (Å²) >= 11 is 6.20. The highest BCUT2D eigenvalue weighted by Crippen LogP contribution is 2.38. The lowest BCUT2D eigenvalue weighted by atomic mass is 9.75. The van der Waals surface area contributed by atoms with E-state index in [9.17, 15) is 0 Å². The number of rotatable bonds is 8. The van der Waals surface area contributed by atoms with Crippen LogP contribution in [0.25, 0.3) is 0 Å². The fourth-order valence-electron chi connectivity index (χ4n) is 2.67. The lowest BCUT2D eigenvalue weighted by molar-refractivity contribution is 0.334. The summed E-state index contributed by atoms with van der Waals surface area (Å²) in [4.78, 5) is 0. The topological polar surface area (TPSA) is 21.3 Å². The first-order chi connectivity index (χ1) is 9.49. The van der Waals surface area contributed by atoms with Gasteiger partial charge in [-0.2, -0.15) is 0 Å². The Balaban J connectivity index is 3.07. The smallest absolute Gasteiger partial charge is 0.122 e. The molecular formula is C17H28ClNO. The van der Waals surface area contributed by atoms with Gasteiger partial charge in [0.2, 0.25) is 0 Å². The van der Waals surface area contributed by atoms with E-state index in [2.05, 4.69) is 39.1 Å².